The van der Waals surface area contributed by atoms with Crippen LogP contribution in [0.3, 0.4) is 0 Å². The van der Waals surface area contributed by atoms with E-state index in [1.807, 2.05) is 0 Å². The second kappa shape index (κ2) is 8.74. The number of hydrogen-bond donors (Lipinski definition) is 1. The van der Waals surface area contributed by atoms with E-state index in [1.54, 1.807) is 24.4 Å². The molecule has 0 radical (unpaired) electrons. The Kier molecular flexibility index (Phi) is 6.68. The quantitative estimate of drug-likeness (QED) is 0.722. The smallest absolute Gasteiger partial charge is 0.413 e. The van der Waals surface area contributed by atoms with Crippen LogP contribution in [-0.4, -0.2) is 23.7 Å². The highest BCUT2D eigenvalue weighted by molar-refractivity contribution is 9.10. The lowest BCUT2D eigenvalue weighted by atomic mass is 10.2. The van der Waals surface area contributed by atoms with Gasteiger partial charge in [0.15, 0.2) is 5.13 Å². The summed E-state index contributed by atoms with van der Waals surface area (Å²) in [6.45, 7) is 1.78. The highest BCUT2D eigenvalue weighted by atomic mass is 79.9. The predicted octanol–water partition coefficient (Wildman–Crippen LogP) is 3.90. The first-order valence-corrected chi connectivity index (χ1v) is 8.63. The number of nitrogens with zero attached hydrogens (tertiary/aromatic N) is 1. The van der Waals surface area contributed by atoms with Crippen molar-refractivity contribution in [2.75, 3.05) is 11.9 Å². The van der Waals surface area contributed by atoms with Crippen LogP contribution in [0.15, 0.2) is 28.1 Å². The van der Waals surface area contributed by atoms with Crippen LogP contribution in [0.4, 0.5) is 14.3 Å². The SMILES string of the molecule is CCOC(=O)Nc1nc(CC(=O)OCc2cccc(Br)c2F)cs1. The summed E-state index contributed by atoms with van der Waals surface area (Å²) in [5.74, 6) is -0.998. The number of carbonyl (C=O) groups excluding carboxylic acids is 2. The highest BCUT2D eigenvalue weighted by Crippen LogP contribution is 2.20. The molecule has 0 aliphatic rings. The number of carbonyl (C=O) groups is 2. The first-order chi connectivity index (χ1) is 11.5. The van der Waals surface area contributed by atoms with Crippen LogP contribution in [0.5, 0.6) is 0 Å². The number of esters is 1. The Hall–Kier alpha value is -2.00. The number of hydrogen-bond acceptors (Lipinski definition) is 6. The van der Waals surface area contributed by atoms with Gasteiger partial charge in [0.05, 0.1) is 23.2 Å². The Labute approximate surface area is 150 Å². The molecule has 0 fully saturated rings. The van der Waals surface area contributed by atoms with Crippen molar-refractivity contribution in [1.29, 1.82) is 0 Å². The fourth-order valence-corrected chi connectivity index (χ4v) is 2.82. The van der Waals surface area contributed by atoms with Crippen molar-refractivity contribution in [2.45, 2.75) is 20.0 Å². The minimum atomic E-state index is -0.605. The van der Waals surface area contributed by atoms with Gasteiger partial charge in [-0.05, 0) is 28.9 Å². The average molecular weight is 417 g/mol. The Bertz CT molecular complexity index is 738. The van der Waals surface area contributed by atoms with Crippen LogP contribution < -0.4 is 5.32 Å². The van der Waals surface area contributed by atoms with Gasteiger partial charge in [0.1, 0.15) is 12.4 Å². The molecular formula is C15H14BrFN2O4S. The van der Waals surface area contributed by atoms with Crippen LogP contribution in [0, 0.1) is 5.82 Å². The Morgan fingerprint density at radius 2 is 2.17 bits per heavy atom. The molecule has 1 N–H and O–H groups in total. The second-order valence-corrected chi connectivity index (χ2v) is 6.25. The second-order valence-electron chi connectivity index (χ2n) is 4.54. The van der Waals surface area contributed by atoms with Crippen LogP contribution in [-0.2, 0) is 27.3 Å². The standard InChI is InChI=1S/C15H14BrFN2O4S/c1-2-22-15(21)19-14-18-10(8-24-14)6-12(20)23-7-9-4-3-5-11(16)13(9)17/h3-5,8H,2,6-7H2,1H3,(H,18,19,21). The molecule has 0 unspecified atom stereocenters. The van der Waals surface area contributed by atoms with E-state index in [0.717, 1.165) is 0 Å². The lowest BCUT2D eigenvalue weighted by molar-refractivity contribution is -0.144. The summed E-state index contributed by atoms with van der Waals surface area (Å²) < 4.78 is 23.9. The van der Waals surface area contributed by atoms with E-state index >= 15 is 0 Å². The van der Waals surface area contributed by atoms with Gasteiger partial charge in [-0.1, -0.05) is 12.1 Å². The van der Waals surface area contributed by atoms with Gasteiger partial charge in [-0.15, -0.1) is 11.3 Å². The lowest BCUT2D eigenvalue weighted by Crippen LogP contribution is -2.13. The molecule has 9 heteroatoms. The maximum atomic E-state index is 13.8. The van der Waals surface area contributed by atoms with Crippen molar-refractivity contribution in [1.82, 2.24) is 4.98 Å². The van der Waals surface area contributed by atoms with E-state index in [0.29, 0.717) is 15.3 Å². The summed E-state index contributed by atoms with van der Waals surface area (Å²) in [6, 6.07) is 4.76. The van der Waals surface area contributed by atoms with Crippen molar-refractivity contribution in [3.8, 4) is 0 Å². The lowest BCUT2D eigenvalue weighted by Gasteiger charge is -2.06. The molecule has 0 saturated carbocycles. The summed E-state index contributed by atoms with van der Waals surface area (Å²) in [6.07, 6.45) is -0.678. The van der Waals surface area contributed by atoms with E-state index in [9.17, 15) is 14.0 Å². The molecule has 128 valence electrons. The van der Waals surface area contributed by atoms with Crippen molar-refractivity contribution in [2.24, 2.45) is 0 Å². The third-order valence-electron chi connectivity index (χ3n) is 2.78. The zero-order chi connectivity index (χ0) is 17.5. The molecule has 1 aromatic heterocycles. The molecule has 1 aromatic carbocycles. The molecule has 0 saturated heterocycles. The Morgan fingerprint density at radius 1 is 1.38 bits per heavy atom. The molecule has 0 aliphatic carbocycles. The number of aromatic nitrogens is 1. The van der Waals surface area contributed by atoms with Crippen molar-refractivity contribution in [3.63, 3.8) is 0 Å². The first-order valence-electron chi connectivity index (χ1n) is 6.96. The summed E-state index contributed by atoms with van der Waals surface area (Å²) in [4.78, 5) is 27.2. The molecule has 24 heavy (non-hydrogen) atoms. The Morgan fingerprint density at radius 3 is 2.92 bits per heavy atom. The predicted molar refractivity (Wildman–Crippen MR) is 90.4 cm³/mol. The summed E-state index contributed by atoms with van der Waals surface area (Å²) in [7, 11) is 0. The first kappa shape index (κ1) is 18.3. The minimum absolute atomic E-state index is 0.0728. The van der Waals surface area contributed by atoms with Crippen molar-refractivity contribution < 1.29 is 23.5 Å². The summed E-state index contributed by atoms with van der Waals surface area (Å²) in [5.41, 5.74) is 0.729. The number of anilines is 1. The highest BCUT2D eigenvalue weighted by Gasteiger charge is 2.13. The number of ether oxygens (including phenoxy) is 2. The van der Waals surface area contributed by atoms with Crippen LogP contribution in [0.25, 0.3) is 0 Å². The molecule has 1 heterocycles. The van der Waals surface area contributed by atoms with E-state index in [1.165, 1.54) is 17.4 Å². The van der Waals surface area contributed by atoms with Crippen LogP contribution in [0.2, 0.25) is 0 Å². The maximum Gasteiger partial charge on any atom is 0.413 e. The largest absolute Gasteiger partial charge is 0.460 e. The molecule has 0 spiro atoms. The number of nitrogens with one attached hydrogen (secondary N) is 1. The average Bonchev–Trinajstić information content (AvgIpc) is 2.96. The molecular weight excluding hydrogens is 403 g/mol. The van der Waals surface area contributed by atoms with Gasteiger partial charge in [0.25, 0.3) is 0 Å². The zero-order valence-corrected chi connectivity index (χ0v) is 15.1. The van der Waals surface area contributed by atoms with Gasteiger partial charge < -0.3 is 9.47 Å². The molecule has 0 bridgehead atoms. The summed E-state index contributed by atoms with van der Waals surface area (Å²) >= 11 is 4.24. The van der Waals surface area contributed by atoms with Gasteiger partial charge in [0.2, 0.25) is 0 Å². The maximum absolute atomic E-state index is 13.8. The molecule has 2 rings (SSSR count). The topological polar surface area (TPSA) is 77.5 Å². The number of rotatable bonds is 6. The molecule has 1 amide bonds. The van der Waals surface area contributed by atoms with E-state index < -0.39 is 17.9 Å². The van der Waals surface area contributed by atoms with Gasteiger partial charge in [-0.2, -0.15) is 0 Å². The van der Waals surface area contributed by atoms with Crippen LogP contribution >= 0.6 is 27.3 Å². The van der Waals surface area contributed by atoms with Gasteiger partial charge in [0, 0.05) is 10.9 Å². The normalized spacial score (nSPS) is 10.3. The van der Waals surface area contributed by atoms with Crippen molar-refractivity contribution in [3.05, 3.63) is 45.1 Å². The zero-order valence-electron chi connectivity index (χ0n) is 12.7. The van der Waals surface area contributed by atoms with Crippen molar-refractivity contribution >= 4 is 44.5 Å². The van der Waals surface area contributed by atoms with E-state index in [-0.39, 0.29) is 25.2 Å². The molecule has 2 aromatic rings. The number of benzene rings is 1. The minimum Gasteiger partial charge on any atom is -0.460 e. The van der Waals surface area contributed by atoms with Gasteiger partial charge >= 0.3 is 12.1 Å². The van der Waals surface area contributed by atoms with E-state index in [2.05, 4.69) is 26.2 Å². The van der Waals surface area contributed by atoms with E-state index in [4.69, 9.17) is 9.47 Å². The third-order valence-corrected chi connectivity index (χ3v) is 4.20. The Balaban J connectivity index is 1.85. The number of halogens is 2. The molecule has 0 atom stereocenters. The molecule has 0 aliphatic heterocycles. The number of amides is 1. The number of thiazole rings is 1. The monoisotopic (exact) mass is 416 g/mol. The molecule has 6 nitrogen and oxygen atoms in total. The van der Waals surface area contributed by atoms with Gasteiger partial charge in [-0.25, -0.2) is 14.2 Å². The fraction of sp³-hybridized carbons (Fsp3) is 0.267. The fourth-order valence-electron chi connectivity index (χ4n) is 1.72. The summed E-state index contributed by atoms with van der Waals surface area (Å²) in [5, 5.41) is 4.40. The van der Waals surface area contributed by atoms with Crippen LogP contribution in [0.1, 0.15) is 18.2 Å². The third kappa shape index (κ3) is 5.27. The van der Waals surface area contributed by atoms with Gasteiger partial charge in [-0.3, -0.25) is 10.1 Å².